The molecule has 3 aromatic heterocycles. The second-order valence-electron chi connectivity index (χ2n) is 21.7. The Labute approximate surface area is 471 Å². The highest BCUT2D eigenvalue weighted by atomic mass is 17.2. The number of H-pyrrole nitrogens is 2. The van der Waals surface area contributed by atoms with E-state index in [1.807, 2.05) is 74.5 Å². The maximum atomic E-state index is 14.3. The number of hydrogen-bond acceptors (Lipinski definition) is 12. The second kappa shape index (κ2) is 29.0. The van der Waals surface area contributed by atoms with Crippen LogP contribution in [-0.2, 0) is 35.6 Å². The maximum absolute atomic E-state index is 14.3. The van der Waals surface area contributed by atoms with E-state index in [2.05, 4.69) is 48.9 Å². The molecule has 0 aliphatic carbocycles. The molecule has 422 valence electrons. The van der Waals surface area contributed by atoms with Crippen molar-refractivity contribution >= 4 is 56.1 Å². The zero-order chi connectivity index (χ0) is 55.6. The van der Waals surface area contributed by atoms with Gasteiger partial charge in [-0.25, -0.2) is 39.5 Å². The largest absolute Gasteiger partial charge is 0.349 e. The minimum absolute atomic E-state index is 0.290. The predicted octanol–water partition coefficient (Wildman–Crippen LogP) is 17.2. The molecule has 80 heavy (non-hydrogen) atoms. The molecule has 8 bridgehead atoms. The Kier molecular flexibility index (Phi) is 20.9. The van der Waals surface area contributed by atoms with Gasteiger partial charge in [-0.05, 0) is 55.2 Å². The lowest BCUT2D eigenvalue weighted by atomic mass is 9.86. The zero-order valence-corrected chi connectivity index (χ0v) is 48.0. The summed E-state index contributed by atoms with van der Waals surface area (Å²) in [6.45, 7) is 11.0. The smallest absolute Gasteiger partial charge is 0.324 e. The summed E-state index contributed by atoms with van der Waals surface area (Å²) in [5.74, 6) is -0.777. The number of fused-ring (bicyclic) bond motifs is 20. The number of unbranched alkanes of at least 4 members (excludes halogenated alkanes) is 17. The maximum Gasteiger partial charge on any atom is 0.349 e. The highest BCUT2D eigenvalue weighted by Gasteiger charge is 2.32. The van der Waals surface area contributed by atoms with Crippen LogP contribution in [0.2, 0.25) is 0 Å². The third kappa shape index (κ3) is 13.6. The van der Waals surface area contributed by atoms with Gasteiger partial charge in [0.05, 0.1) is 25.0 Å². The van der Waals surface area contributed by atoms with Gasteiger partial charge in [0.2, 0.25) is 0 Å². The molecule has 5 heterocycles. The number of aromatic nitrogens is 8. The Hall–Kier alpha value is -6.90. The Morgan fingerprint density at radius 2 is 0.812 bits per heavy atom. The summed E-state index contributed by atoms with van der Waals surface area (Å²) in [6, 6.07) is 26.1. The van der Waals surface area contributed by atoms with Crippen LogP contribution in [0.5, 0.6) is 0 Å². The molecule has 0 fully saturated rings. The van der Waals surface area contributed by atoms with E-state index in [-0.39, 0.29) is 13.2 Å². The lowest BCUT2D eigenvalue weighted by molar-refractivity contribution is -0.274. The number of aryl methyl sites for hydroxylation is 1. The number of rotatable bonds is 31. The van der Waals surface area contributed by atoms with Gasteiger partial charge in [-0.15, -0.1) is 0 Å². The molecule has 0 radical (unpaired) electrons. The number of hydrogen-bond donors (Lipinski definition) is 2. The number of aromatic amines is 2. The van der Waals surface area contributed by atoms with Crippen LogP contribution < -0.4 is 0 Å². The molecule has 0 saturated heterocycles. The fraction of sp³-hybridized carbons (Fsp3) is 0.485. The van der Waals surface area contributed by atoms with E-state index in [0.717, 1.165) is 96.4 Å². The first kappa shape index (κ1) is 57.8. The van der Waals surface area contributed by atoms with Crippen molar-refractivity contribution in [3.8, 4) is 45.6 Å². The molecule has 9 rings (SSSR count). The van der Waals surface area contributed by atoms with Gasteiger partial charge in [-0.2, -0.15) is 9.78 Å². The van der Waals surface area contributed by atoms with E-state index in [4.69, 9.17) is 49.5 Å². The first-order valence-corrected chi connectivity index (χ1v) is 30.3. The molecular formula is C66H82N8O6. The van der Waals surface area contributed by atoms with Crippen LogP contribution in [-0.4, -0.2) is 65.0 Å². The standard InChI is InChI=1S/C66H82N8O6/c1-6-11-14-15-16-17-18-19-20-21-22-23-24-25-33-44-34-32-39-53-54(44)62-72-61(53)70-59-50-36-27-26-35-49(50)57(68-59)67-58-51-37-28-29-38-52(51)60(69-58)71-63-55-47(45(9-4)65(75)79-77-42-30-12-7-2)40-41-48(56(55)64(73-62)74-63)46(10-5)66(76)80-78-43-31-13-8-3/h26-29,32,34-41,45-46H,6-25,30-31,33,42-43H2,1-5H3,(H2,67,68,69,70,71,72,73,74). The monoisotopic (exact) mass is 1080 g/mol. The van der Waals surface area contributed by atoms with Crippen molar-refractivity contribution in [3.05, 3.63) is 95.6 Å². The first-order valence-electron chi connectivity index (χ1n) is 30.3. The van der Waals surface area contributed by atoms with Crippen molar-refractivity contribution in [2.45, 2.75) is 194 Å². The lowest BCUT2D eigenvalue weighted by Crippen LogP contribution is -2.18. The minimum Gasteiger partial charge on any atom is -0.324 e. The zero-order valence-electron chi connectivity index (χ0n) is 48.0. The highest BCUT2D eigenvalue weighted by molar-refractivity contribution is 6.11. The van der Waals surface area contributed by atoms with Gasteiger partial charge < -0.3 is 9.97 Å². The summed E-state index contributed by atoms with van der Waals surface area (Å²) in [6.07, 6.45) is 25.0. The van der Waals surface area contributed by atoms with Gasteiger partial charge in [0, 0.05) is 43.8 Å². The molecule has 2 N–H and O–H groups in total. The molecule has 7 aromatic rings. The Morgan fingerprint density at radius 1 is 0.412 bits per heavy atom. The topological polar surface area (TPSA) is 180 Å². The molecule has 2 unspecified atom stereocenters. The molecule has 0 amide bonds. The number of benzene rings is 4. The summed E-state index contributed by atoms with van der Waals surface area (Å²) in [7, 11) is 0. The Balaban J connectivity index is 1.21. The quantitative estimate of drug-likeness (QED) is 0.0239. The Bertz CT molecular complexity index is 3390. The summed E-state index contributed by atoms with van der Waals surface area (Å²) in [4.78, 5) is 90.1. The van der Waals surface area contributed by atoms with Gasteiger partial charge in [0.25, 0.3) is 0 Å². The van der Waals surface area contributed by atoms with Crippen molar-refractivity contribution in [3.63, 3.8) is 0 Å². The van der Waals surface area contributed by atoms with Crippen LogP contribution in [0.15, 0.2) is 78.9 Å². The average molecular weight is 1080 g/mol. The molecule has 14 nitrogen and oxygen atoms in total. The molecule has 0 spiro atoms. The molecule has 2 aliphatic rings. The van der Waals surface area contributed by atoms with Crippen molar-refractivity contribution < 1.29 is 29.1 Å². The number of carbonyl (C=O) groups is 2. The van der Waals surface area contributed by atoms with Gasteiger partial charge in [-0.1, -0.05) is 223 Å². The van der Waals surface area contributed by atoms with E-state index in [1.54, 1.807) is 0 Å². The van der Waals surface area contributed by atoms with Gasteiger partial charge in [0.1, 0.15) is 22.6 Å². The van der Waals surface area contributed by atoms with E-state index < -0.39 is 23.8 Å². The Morgan fingerprint density at radius 3 is 1.31 bits per heavy atom. The third-order valence-corrected chi connectivity index (χ3v) is 15.9. The van der Waals surface area contributed by atoms with Crippen LogP contribution in [0.25, 0.3) is 89.7 Å². The lowest BCUT2D eigenvalue weighted by Gasteiger charge is -2.19. The summed E-state index contributed by atoms with van der Waals surface area (Å²) < 4.78 is 0. The fourth-order valence-electron chi connectivity index (χ4n) is 11.5. The van der Waals surface area contributed by atoms with Gasteiger partial charge >= 0.3 is 11.9 Å². The molecule has 0 saturated carbocycles. The van der Waals surface area contributed by atoms with Crippen molar-refractivity contribution in [2.24, 2.45) is 0 Å². The van der Waals surface area contributed by atoms with Crippen molar-refractivity contribution in [2.75, 3.05) is 13.2 Å². The SMILES string of the molecule is CCCCCCCCCCCCCCCCc1cccc2c1-c1nc-2nc2[nH]c(nc3nc(nc4[nH]c(n1)c1c(C(CC)C(=O)OOCCCCC)ccc(C(CC)C(=O)OOCCCCC)c41)-c1ccccc1-3)c1ccccc21. The summed E-state index contributed by atoms with van der Waals surface area (Å²) in [5, 5.41) is 2.96. The average Bonchev–Trinajstić information content (AvgIpc) is 4.40. The van der Waals surface area contributed by atoms with Crippen molar-refractivity contribution in [1.82, 2.24) is 39.9 Å². The van der Waals surface area contributed by atoms with E-state index >= 15 is 0 Å². The molecule has 14 heteroatoms. The van der Waals surface area contributed by atoms with Crippen LogP contribution in [0.3, 0.4) is 0 Å². The fourth-order valence-corrected chi connectivity index (χ4v) is 11.5. The predicted molar refractivity (Wildman–Crippen MR) is 319 cm³/mol. The minimum atomic E-state index is -0.789. The summed E-state index contributed by atoms with van der Waals surface area (Å²) in [5.41, 5.74) is 7.75. The highest BCUT2D eigenvalue weighted by Crippen LogP contribution is 2.43. The summed E-state index contributed by atoms with van der Waals surface area (Å²) >= 11 is 0. The molecule has 2 aliphatic heterocycles. The van der Waals surface area contributed by atoms with Crippen LogP contribution in [0.1, 0.15) is 204 Å². The second-order valence-corrected chi connectivity index (χ2v) is 21.7. The van der Waals surface area contributed by atoms with Gasteiger partial charge in [-0.3, -0.25) is 9.78 Å². The number of carbonyl (C=O) groups excluding carboxylic acids is 2. The number of nitrogens with one attached hydrogen (secondary N) is 2. The van der Waals surface area contributed by atoms with E-state index in [1.165, 1.54) is 77.0 Å². The van der Waals surface area contributed by atoms with Gasteiger partial charge in [0.15, 0.2) is 23.3 Å². The first-order chi connectivity index (χ1) is 39.4. The molecular weight excluding hydrogens is 1000 g/mol. The van der Waals surface area contributed by atoms with Crippen molar-refractivity contribution in [1.29, 1.82) is 0 Å². The van der Waals surface area contributed by atoms with E-state index in [9.17, 15) is 9.59 Å². The normalized spacial score (nSPS) is 12.7. The van der Waals surface area contributed by atoms with Crippen LogP contribution in [0.4, 0.5) is 0 Å². The number of nitrogens with zero attached hydrogens (tertiary/aromatic N) is 6. The third-order valence-electron chi connectivity index (χ3n) is 15.9. The van der Waals surface area contributed by atoms with Crippen LogP contribution >= 0.6 is 0 Å². The molecule has 2 atom stereocenters. The molecule has 4 aromatic carbocycles. The van der Waals surface area contributed by atoms with Crippen LogP contribution in [0, 0.1) is 0 Å². The van der Waals surface area contributed by atoms with E-state index in [0.29, 0.717) is 80.6 Å².